The first-order valence-corrected chi connectivity index (χ1v) is 11.1. The summed E-state index contributed by atoms with van der Waals surface area (Å²) in [6.45, 7) is 3.38. The summed E-state index contributed by atoms with van der Waals surface area (Å²) in [4.78, 5) is 3.17. The Hall–Kier alpha value is -3.41. The maximum absolute atomic E-state index is 13.3. The molecule has 1 aromatic carbocycles. The number of rotatable bonds is 5. The molecule has 12 heteroatoms. The van der Waals surface area contributed by atoms with E-state index in [0.29, 0.717) is 17.6 Å². The molecule has 0 saturated carbocycles. The fourth-order valence-electron chi connectivity index (χ4n) is 3.46. The minimum atomic E-state index is -4.63. The van der Waals surface area contributed by atoms with Crippen LogP contribution in [-0.4, -0.2) is 33.0 Å². The quantitative estimate of drug-likeness (QED) is 0.484. The number of anilines is 1. The lowest BCUT2D eigenvalue weighted by atomic mass is 10.1. The van der Waals surface area contributed by atoms with E-state index in [-0.39, 0.29) is 16.3 Å². The number of aromatic nitrogens is 5. The molecular weight excluding hydrogens is 445 g/mol. The molecule has 4 rings (SSSR count). The van der Waals surface area contributed by atoms with Gasteiger partial charge in [0.2, 0.25) is 0 Å². The SMILES string of the molecule is CCc1ccc2cnn(C)c2c1NS(=O)(=O)c1cn(-c2ccnc(C(F)(F)F)c2)nc1C. The van der Waals surface area contributed by atoms with Crippen LogP contribution < -0.4 is 4.72 Å². The van der Waals surface area contributed by atoms with Gasteiger partial charge in [-0.3, -0.25) is 14.4 Å². The number of benzene rings is 1. The van der Waals surface area contributed by atoms with Crippen LogP contribution in [-0.2, 0) is 29.7 Å². The Bertz CT molecular complexity index is 1420. The minimum absolute atomic E-state index is 0.0415. The van der Waals surface area contributed by atoms with Crippen molar-refractivity contribution in [2.45, 2.75) is 31.3 Å². The van der Waals surface area contributed by atoms with Crippen LogP contribution in [0.15, 0.2) is 47.8 Å². The second-order valence-corrected chi connectivity index (χ2v) is 8.84. The van der Waals surface area contributed by atoms with E-state index in [0.717, 1.165) is 27.9 Å². The third kappa shape index (κ3) is 3.81. The molecule has 0 aliphatic rings. The molecule has 0 spiro atoms. The molecule has 168 valence electrons. The number of halogens is 3. The van der Waals surface area contributed by atoms with Gasteiger partial charge in [-0.2, -0.15) is 23.4 Å². The van der Waals surface area contributed by atoms with Gasteiger partial charge in [0, 0.05) is 18.6 Å². The predicted molar refractivity (Wildman–Crippen MR) is 112 cm³/mol. The van der Waals surface area contributed by atoms with Gasteiger partial charge in [-0.05, 0) is 31.0 Å². The van der Waals surface area contributed by atoms with Crippen LogP contribution in [0.3, 0.4) is 0 Å². The maximum atomic E-state index is 13.3. The average molecular weight is 464 g/mol. The van der Waals surface area contributed by atoms with E-state index < -0.39 is 21.9 Å². The molecule has 0 atom stereocenters. The molecule has 0 aliphatic heterocycles. The van der Waals surface area contributed by atoms with Gasteiger partial charge in [0.1, 0.15) is 10.6 Å². The molecule has 0 radical (unpaired) electrons. The standard InChI is InChI=1S/C20H19F3N6O2S/c1-4-13-5-6-14-10-25-28(3)19(14)18(13)27-32(30,31)16-11-29(26-12(16)2)15-7-8-24-17(9-15)20(21,22)23/h5-11,27H,4H2,1-3H3. The lowest BCUT2D eigenvalue weighted by Crippen LogP contribution is -2.15. The summed E-state index contributed by atoms with van der Waals surface area (Å²) in [7, 11) is -2.39. The highest BCUT2D eigenvalue weighted by Gasteiger charge is 2.33. The van der Waals surface area contributed by atoms with Crippen LogP contribution in [0.1, 0.15) is 23.9 Å². The zero-order valence-corrected chi connectivity index (χ0v) is 18.2. The number of hydrogen-bond donors (Lipinski definition) is 1. The van der Waals surface area contributed by atoms with Crippen molar-refractivity contribution in [1.29, 1.82) is 0 Å². The van der Waals surface area contributed by atoms with Crippen molar-refractivity contribution in [2.75, 3.05) is 4.72 Å². The summed E-state index contributed by atoms with van der Waals surface area (Å²) < 4.78 is 70.8. The summed E-state index contributed by atoms with van der Waals surface area (Å²) in [5.74, 6) is 0. The van der Waals surface area contributed by atoms with Crippen molar-refractivity contribution in [3.05, 3.63) is 59.8 Å². The Morgan fingerprint density at radius 1 is 1.19 bits per heavy atom. The van der Waals surface area contributed by atoms with E-state index in [1.165, 1.54) is 19.2 Å². The minimum Gasteiger partial charge on any atom is -0.277 e. The van der Waals surface area contributed by atoms with Crippen LogP contribution in [0.5, 0.6) is 0 Å². The molecule has 0 bridgehead atoms. The first-order valence-electron chi connectivity index (χ1n) is 9.57. The molecule has 3 aromatic heterocycles. The largest absolute Gasteiger partial charge is 0.433 e. The highest BCUT2D eigenvalue weighted by Crippen LogP contribution is 2.31. The first kappa shape index (κ1) is 21.8. The Balaban J connectivity index is 1.77. The van der Waals surface area contributed by atoms with Gasteiger partial charge >= 0.3 is 6.18 Å². The van der Waals surface area contributed by atoms with Gasteiger partial charge in [0.25, 0.3) is 10.0 Å². The molecule has 1 N–H and O–H groups in total. The number of nitrogens with zero attached hydrogens (tertiary/aromatic N) is 5. The highest BCUT2D eigenvalue weighted by molar-refractivity contribution is 7.92. The van der Waals surface area contributed by atoms with Gasteiger partial charge < -0.3 is 0 Å². The van der Waals surface area contributed by atoms with Gasteiger partial charge in [0.05, 0.1) is 35.0 Å². The average Bonchev–Trinajstić information content (AvgIpc) is 3.31. The third-order valence-electron chi connectivity index (χ3n) is 5.05. The monoisotopic (exact) mass is 464 g/mol. The van der Waals surface area contributed by atoms with E-state index in [1.54, 1.807) is 17.9 Å². The van der Waals surface area contributed by atoms with Crippen molar-refractivity contribution in [3.8, 4) is 5.69 Å². The van der Waals surface area contributed by atoms with Crippen molar-refractivity contribution in [3.63, 3.8) is 0 Å². The smallest absolute Gasteiger partial charge is 0.277 e. The van der Waals surface area contributed by atoms with E-state index >= 15 is 0 Å². The zero-order valence-electron chi connectivity index (χ0n) is 17.3. The molecule has 0 fully saturated rings. The summed E-state index contributed by atoms with van der Waals surface area (Å²) in [6.07, 6.45) is -0.237. The summed E-state index contributed by atoms with van der Waals surface area (Å²) in [6, 6.07) is 5.82. The fourth-order valence-corrected chi connectivity index (χ4v) is 4.74. The fraction of sp³-hybridized carbons (Fsp3) is 0.250. The van der Waals surface area contributed by atoms with E-state index in [2.05, 4.69) is 19.9 Å². The Morgan fingerprint density at radius 3 is 2.62 bits per heavy atom. The van der Waals surface area contributed by atoms with E-state index in [4.69, 9.17) is 0 Å². The van der Waals surface area contributed by atoms with Gasteiger partial charge in [-0.15, -0.1) is 0 Å². The lowest BCUT2D eigenvalue weighted by molar-refractivity contribution is -0.141. The summed E-state index contributed by atoms with van der Waals surface area (Å²) >= 11 is 0. The van der Waals surface area contributed by atoms with Crippen LogP contribution >= 0.6 is 0 Å². The predicted octanol–water partition coefficient (Wildman–Crippen LogP) is 3.84. The van der Waals surface area contributed by atoms with Gasteiger partial charge in [-0.25, -0.2) is 13.1 Å². The Morgan fingerprint density at radius 2 is 1.94 bits per heavy atom. The van der Waals surface area contributed by atoms with Crippen LogP contribution in [0.2, 0.25) is 0 Å². The molecule has 32 heavy (non-hydrogen) atoms. The zero-order chi connectivity index (χ0) is 23.3. The van der Waals surface area contributed by atoms with Crippen LogP contribution in [0.4, 0.5) is 18.9 Å². The maximum Gasteiger partial charge on any atom is 0.433 e. The molecule has 3 heterocycles. The molecule has 8 nitrogen and oxygen atoms in total. The number of nitrogens with one attached hydrogen (secondary N) is 1. The Kier molecular flexibility index (Phi) is 5.19. The molecular formula is C20H19F3N6O2S. The van der Waals surface area contributed by atoms with Crippen molar-refractivity contribution in [1.82, 2.24) is 24.5 Å². The summed E-state index contributed by atoms with van der Waals surface area (Å²) in [5.41, 5.74) is 0.889. The molecule has 0 amide bonds. The number of hydrogen-bond acceptors (Lipinski definition) is 5. The molecule has 4 aromatic rings. The normalized spacial score (nSPS) is 12.4. The Labute approximate surface area is 181 Å². The van der Waals surface area contributed by atoms with Crippen LogP contribution in [0.25, 0.3) is 16.6 Å². The van der Waals surface area contributed by atoms with Crippen molar-refractivity contribution >= 4 is 26.6 Å². The second kappa shape index (κ2) is 7.62. The first-order chi connectivity index (χ1) is 15.0. The number of alkyl halides is 3. The number of sulfonamides is 1. The number of fused-ring (bicyclic) bond motifs is 1. The lowest BCUT2D eigenvalue weighted by Gasteiger charge is -2.13. The number of pyridine rings is 1. The van der Waals surface area contributed by atoms with E-state index in [9.17, 15) is 21.6 Å². The summed E-state index contributed by atoms with van der Waals surface area (Å²) in [5, 5.41) is 9.07. The number of aryl methyl sites for hydroxylation is 3. The molecule has 0 unspecified atom stereocenters. The third-order valence-corrected chi connectivity index (χ3v) is 6.50. The highest BCUT2D eigenvalue weighted by atomic mass is 32.2. The van der Waals surface area contributed by atoms with Crippen molar-refractivity contribution < 1.29 is 21.6 Å². The molecule has 0 saturated heterocycles. The molecule has 0 aliphatic carbocycles. The second-order valence-electron chi connectivity index (χ2n) is 7.19. The van der Waals surface area contributed by atoms with E-state index in [1.807, 2.05) is 19.1 Å². The van der Waals surface area contributed by atoms with Crippen LogP contribution in [0, 0.1) is 6.92 Å². The topological polar surface area (TPSA) is 94.7 Å². The van der Waals surface area contributed by atoms with Gasteiger partial charge in [-0.1, -0.05) is 19.1 Å². The van der Waals surface area contributed by atoms with Gasteiger partial charge in [0.15, 0.2) is 0 Å². The van der Waals surface area contributed by atoms with Crippen molar-refractivity contribution in [2.24, 2.45) is 7.05 Å².